The first-order chi connectivity index (χ1) is 8.75. The summed E-state index contributed by atoms with van der Waals surface area (Å²) in [4.78, 5) is 21.2. The predicted octanol–water partition coefficient (Wildman–Crippen LogP) is 1.35. The topological polar surface area (TPSA) is 78.3 Å². The molecule has 1 fully saturated rings. The van der Waals surface area contributed by atoms with Crippen LogP contribution < -0.4 is 10.2 Å². The maximum absolute atomic E-state index is 10.4. The molecule has 0 saturated carbocycles. The first kappa shape index (κ1) is 12.6. The maximum Gasteiger partial charge on any atom is 0.305 e. The van der Waals surface area contributed by atoms with E-state index in [9.17, 15) is 4.79 Å². The standard InChI is InChI=1S/C12H18N4O2/c17-12(18)4-5-13-10-8-15-11(9-14-10)16-6-2-1-3-7-16/h8-9H,1-7H2,(H,13,14)(H,17,18). The van der Waals surface area contributed by atoms with Crippen LogP contribution in [0.25, 0.3) is 0 Å². The monoisotopic (exact) mass is 250 g/mol. The lowest BCUT2D eigenvalue weighted by molar-refractivity contribution is -0.136. The number of carbonyl (C=O) groups is 1. The summed E-state index contributed by atoms with van der Waals surface area (Å²) in [5.74, 6) is 0.705. The minimum absolute atomic E-state index is 0.0789. The van der Waals surface area contributed by atoms with Gasteiger partial charge in [-0.3, -0.25) is 4.79 Å². The molecule has 2 heterocycles. The largest absolute Gasteiger partial charge is 0.481 e. The summed E-state index contributed by atoms with van der Waals surface area (Å²) in [7, 11) is 0. The van der Waals surface area contributed by atoms with Gasteiger partial charge in [-0.05, 0) is 19.3 Å². The predicted molar refractivity (Wildman–Crippen MR) is 68.8 cm³/mol. The fraction of sp³-hybridized carbons (Fsp3) is 0.583. The molecule has 0 spiro atoms. The van der Waals surface area contributed by atoms with E-state index < -0.39 is 5.97 Å². The zero-order chi connectivity index (χ0) is 12.8. The smallest absolute Gasteiger partial charge is 0.305 e. The number of hydrogen-bond acceptors (Lipinski definition) is 5. The van der Waals surface area contributed by atoms with E-state index in [2.05, 4.69) is 20.2 Å². The Bertz CT molecular complexity index is 388. The van der Waals surface area contributed by atoms with Gasteiger partial charge in [0.2, 0.25) is 0 Å². The second-order valence-electron chi connectivity index (χ2n) is 4.38. The Morgan fingerprint density at radius 1 is 1.28 bits per heavy atom. The molecule has 2 rings (SSSR count). The molecule has 0 unspecified atom stereocenters. The van der Waals surface area contributed by atoms with Gasteiger partial charge in [-0.15, -0.1) is 0 Å². The van der Waals surface area contributed by atoms with Crippen LogP contribution in [0, 0.1) is 0 Å². The summed E-state index contributed by atoms with van der Waals surface area (Å²) in [5, 5.41) is 11.5. The van der Waals surface area contributed by atoms with Gasteiger partial charge in [0.05, 0.1) is 18.8 Å². The Balaban J connectivity index is 1.86. The van der Waals surface area contributed by atoms with Gasteiger partial charge in [-0.1, -0.05) is 0 Å². The molecule has 1 aliphatic heterocycles. The van der Waals surface area contributed by atoms with Crippen molar-refractivity contribution in [3.05, 3.63) is 12.4 Å². The van der Waals surface area contributed by atoms with Crippen LogP contribution in [0.15, 0.2) is 12.4 Å². The van der Waals surface area contributed by atoms with E-state index in [1.807, 2.05) is 0 Å². The van der Waals surface area contributed by atoms with Crippen LogP contribution >= 0.6 is 0 Å². The van der Waals surface area contributed by atoms with Crippen LogP contribution in [-0.2, 0) is 4.79 Å². The fourth-order valence-corrected chi connectivity index (χ4v) is 2.00. The van der Waals surface area contributed by atoms with Crippen molar-refractivity contribution in [3.8, 4) is 0 Å². The number of anilines is 2. The van der Waals surface area contributed by atoms with Crippen LogP contribution in [0.2, 0.25) is 0 Å². The number of carboxylic acids is 1. The zero-order valence-electron chi connectivity index (χ0n) is 10.3. The average Bonchev–Trinajstić information content (AvgIpc) is 2.40. The summed E-state index contributed by atoms with van der Waals surface area (Å²) in [6, 6.07) is 0. The third-order valence-corrected chi connectivity index (χ3v) is 2.96. The van der Waals surface area contributed by atoms with Crippen LogP contribution in [0.3, 0.4) is 0 Å². The number of rotatable bonds is 5. The van der Waals surface area contributed by atoms with E-state index in [1.165, 1.54) is 19.3 Å². The molecule has 6 heteroatoms. The van der Waals surface area contributed by atoms with Gasteiger partial charge in [0.25, 0.3) is 0 Å². The van der Waals surface area contributed by atoms with Crippen LogP contribution in [0.5, 0.6) is 0 Å². The van der Waals surface area contributed by atoms with Crippen LogP contribution in [0.4, 0.5) is 11.6 Å². The highest BCUT2D eigenvalue weighted by atomic mass is 16.4. The molecule has 6 nitrogen and oxygen atoms in total. The van der Waals surface area contributed by atoms with Crippen LogP contribution in [-0.4, -0.2) is 40.7 Å². The summed E-state index contributed by atoms with van der Waals surface area (Å²) < 4.78 is 0. The summed E-state index contributed by atoms with van der Waals surface area (Å²) in [6.07, 6.45) is 7.19. The van der Waals surface area contributed by atoms with E-state index >= 15 is 0 Å². The van der Waals surface area contributed by atoms with Crippen molar-refractivity contribution in [3.63, 3.8) is 0 Å². The van der Waals surface area contributed by atoms with Crippen molar-refractivity contribution in [1.29, 1.82) is 0 Å². The van der Waals surface area contributed by atoms with Crippen molar-refractivity contribution in [2.24, 2.45) is 0 Å². The normalized spacial score (nSPS) is 15.4. The lowest BCUT2D eigenvalue weighted by Gasteiger charge is -2.27. The average molecular weight is 250 g/mol. The highest BCUT2D eigenvalue weighted by Gasteiger charge is 2.12. The highest BCUT2D eigenvalue weighted by Crippen LogP contribution is 2.16. The van der Waals surface area contributed by atoms with E-state index in [-0.39, 0.29) is 6.42 Å². The van der Waals surface area contributed by atoms with Gasteiger partial charge in [-0.25, -0.2) is 9.97 Å². The molecule has 2 N–H and O–H groups in total. The molecule has 1 aliphatic rings. The number of aliphatic carboxylic acids is 1. The van der Waals surface area contributed by atoms with E-state index in [1.54, 1.807) is 12.4 Å². The maximum atomic E-state index is 10.4. The highest BCUT2D eigenvalue weighted by molar-refractivity contribution is 5.67. The molecular weight excluding hydrogens is 232 g/mol. The van der Waals surface area contributed by atoms with Crippen molar-refractivity contribution in [2.45, 2.75) is 25.7 Å². The Hall–Kier alpha value is -1.85. The minimum Gasteiger partial charge on any atom is -0.481 e. The number of hydrogen-bond donors (Lipinski definition) is 2. The van der Waals surface area contributed by atoms with Crippen molar-refractivity contribution < 1.29 is 9.90 Å². The van der Waals surface area contributed by atoms with Gasteiger partial charge in [0.15, 0.2) is 0 Å². The second kappa shape index (κ2) is 6.18. The molecule has 1 aromatic heterocycles. The lowest BCUT2D eigenvalue weighted by Crippen LogP contribution is -2.30. The van der Waals surface area contributed by atoms with Gasteiger partial charge in [0, 0.05) is 19.6 Å². The van der Waals surface area contributed by atoms with Crippen LogP contribution in [0.1, 0.15) is 25.7 Å². The lowest BCUT2D eigenvalue weighted by atomic mass is 10.1. The van der Waals surface area contributed by atoms with Gasteiger partial charge >= 0.3 is 5.97 Å². The number of piperidine rings is 1. The van der Waals surface area contributed by atoms with Gasteiger partial charge in [0.1, 0.15) is 11.6 Å². The first-order valence-electron chi connectivity index (χ1n) is 6.28. The molecule has 0 radical (unpaired) electrons. The molecule has 0 bridgehead atoms. The van der Waals surface area contributed by atoms with Gasteiger partial charge in [-0.2, -0.15) is 0 Å². The molecule has 0 atom stereocenters. The summed E-state index contributed by atoms with van der Waals surface area (Å²) in [6.45, 7) is 2.45. The SMILES string of the molecule is O=C(O)CCNc1cnc(N2CCCCC2)cn1. The van der Waals surface area contributed by atoms with E-state index in [0.29, 0.717) is 12.4 Å². The third-order valence-electron chi connectivity index (χ3n) is 2.96. The number of carboxylic acid groups (broad SMARTS) is 1. The minimum atomic E-state index is -0.819. The molecule has 18 heavy (non-hydrogen) atoms. The quantitative estimate of drug-likeness (QED) is 0.821. The van der Waals surface area contributed by atoms with Crippen molar-refractivity contribution in [2.75, 3.05) is 29.9 Å². The Kier molecular flexibility index (Phi) is 4.33. The number of nitrogens with one attached hydrogen (secondary N) is 1. The Morgan fingerprint density at radius 3 is 2.67 bits per heavy atom. The Labute approximate surface area is 106 Å². The number of nitrogens with zero attached hydrogens (tertiary/aromatic N) is 3. The molecule has 1 aromatic rings. The van der Waals surface area contributed by atoms with Crippen molar-refractivity contribution in [1.82, 2.24) is 9.97 Å². The van der Waals surface area contributed by atoms with E-state index in [0.717, 1.165) is 18.9 Å². The molecule has 0 amide bonds. The van der Waals surface area contributed by atoms with Gasteiger partial charge < -0.3 is 15.3 Å². The molecule has 0 aliphatic carbocycles. The molecular formula is C12H18N4O2. The number of aromatic nitrogens is 2. The van der Waals surface area contributed by atoms with Crippen molar-refractivity contribution >= 4 is 17.6 Å². The summed E-state index contributed by atoms with van der Waals surface area (Å²) >= 11 is 0. The summed E-state index contributed by atoms with van der Waals surface area (Å²) in [5.41, 5.74) is 0. The molecule has 98 valence electrons. The molecule has 0 aromatic carbocycles. The third kappa shape index (κ3) is 3.58. The second-order valence-corrected chi connectivity index (χ2v) is 4.38. The first-order valence-corrected chi connectivity index (χ1v) is 6.28. The molecule has 1 saturated heterocycles. The zero-order valence-corrected chi connectivity index (χ0v) is 10.3. The van der Waals surface area contributed by atoms with E-state index in [4.69, 9.17) is 5.11 Å². The Morgan fingerprint density at radius 2 is 2.06 bits per heavy atom. The fourth-order valence-electron chi connectivity index (χ4n) is 2.00.